The largest absolute Gasteiger partial charge is 0.496 e. The second-order valence-electron chi connectivity index (χ2n) is 8.12. The lowest BCUT2D eigenvalue weighted by atomic mass is 10.1. The molecule has 1 amide bonds. The Morgan fingerprint density at radius 3 is 2.50 bits per heavy atom. The first kappa shape index (κ1) is 22.0. The van der Waals surface area contributed by atoms with Crippen LogP contribution >= 0.6 is 11.6 Å². The summed E-state index contributed by atoms with van der Waals surface area (Å²) in [5.74, 6) is 1.95. The average molecular weight is 475 g/mol. The molecule has 0 fully saturated rings. The summed E-state index contributed by atoms with van der Waals surface area (Å²) < 4.78 is 16.5. The molecule has 6 nitrogen and oxygen atoms in total. The number of carbonyl (C=O) groups excluding carboxylic acids is 1. The predicted molar refractivity (Wildman–Crippen MR) is 131 cm³/mol. The van der Waals surface area contributed by atoms with E-state index < -0.39 is 0 Å². The molecule has 1 aliphatic heterocycles. The lowest BCUT2D eigenvalue weighted by Crippen LogP contribution is -2.31. The zero-order valence-electron chi connectivity index (χ0n) is 18.9. The van der Waals surface area contributed by atoms with Gasteiger partial charge in [-0.05, 0) is 36.8 Å². The van der Waals surface area contributed by atoms with E-state index in [1.807, 2.05) is 73.7 Å². The number of carbonyl (C=O) groups is 1. The number of hydrogen-bond donors (Lipinski definition) is 0. The SMILES string of the molecule is COc1ccccc1CN(Cc1cc2cc3c(cc2nc1Cl)OCO3)C(=O)c1ccccc1C. The molecular weight excluding hydrogens is 452 g/mol. The Kier molecular flexibility index (Phi) is 5.99. The number of aromatic nitrogens is 1. The van der Waals surface area contributed by atoms with E-state index in [2.05, 4.69) is 4.98 Å². The summed E-state index contributed by atoms with van der Waals surface area (Å²) in [6, 6.07) is 20.9. The van der Waals surface area contributed by atoms with Crippen LogP contribution in [0.4, 0.5) is 0 Å². The first-order chi connectivity index (χ1) is 16.5. The Morgan fingerprint density at radius 1 is 1.00 bits per heavy atom. The predicted octanol–water partition coefficient (Wildman–Crippen LogP) is 5.78. The standard InChI is InChI=1S/C27H23ClN2O4/c1-17-7-3-5-9-21(17)27(31)30(14-18-8-4-6-10-23(18)32-2)15-20-11-19-12-24-25(34-16-33-24)13-22(19)29-26(20)28/h3-13H,14-16H2,1-2H3. The molecule has 0 saturated carbocycles. The van der Waals surface area contributed by atoms with Crippen molar-refractivity contribution in [1.29, 1.82) is 0 Å². The number of methoxy groups -OCH3 is 1. The monoisotopic (exact) mass is 474 g/mol. The first-order valence-corrected chi connectivity index (χ1v) is 11.3. The zero-order chi connectivity index (χ0) is 23.7. The van der Waals surface area contributed by atoms with Crippen molar-refractivity contribution >= 4 is 28.4 Å². The molecule has 172 valence electrons. The quantitative estimate of drug-likeness (QED) is 0.332. The molecule has 3 aromatic carbocycles. The van der Waals surface area contributed by atoms with E-state index in [0.717, 1.165) is 27.8 Å². The highest BCUT2D eigenvalue weighted by molar-refractivity contribution is 6.30. The van der Waals surface area contributed by atoms with Crippen molar-refractivity contribution in [2.75, 3.05) is 13.9 Å². The molecule has 7 heteroatoms. The number of halogens is 1. The molecule has 2 heterocycles. The lowest BCUT2D eigenvalue weighted by Gasteiger charge is -2.25. The summed E-state index contributed by atoms with van der Waals surface area (Å²) in [4.78, 5) is 20.0. The van der Waals surface area contributed by atoms with Crippen LogP contribution in [0.2, 0.25) is 5.15 Å². The highest BCUT2D eigenvalue weighted by Crippen LogP contribution is 2.37. The van der Waals surface area contributed by atoms with Gasteiger partial charge in [0.1, 0.15) is 10.9 Å². The van der Waals surface area contributed by atoms with Crippen molar-refractivity contribution in [3.05, 3.63) is 94.1 Å². The van der Waals surface area contributed by atoms with Crippen molar-refractivity contribution < 1.29 is 19.0 Å². The number of hydrogen-bond acceptors (Lipinski definition) is 5. The third kappa shape index (κ3) is 4.24. The van der Waals surface area contributed by atoms with Crippen molar-refractivity contribution in [2.24, 2.45) is 0 Å². The van der Waals surface area contributed by atoms with Crippen LogP contribution in [0.3, 0.4) is 0 Å². The van der Waals surface area contributed by atoms with Gasteiger partial charge in [-0.3, -0.25) is 4.79 Å². The van der Waals surface area contributed by atoms with E-state index in [-0.39, 0.29) is 19.2 Å². The molecule has 1 aromatic heterocycles. The number of benzene rings is 3. The van der Waals surface area contributed by atoms with Crippen LogP contribution in [0.5, 0.6) is 17.2 Å². The molecule has 0 spiro atoms. The van der Waals surface area contributed by atoms with Crippen LogP contribution in [0.25, 0.3) is 10.9 Å². The topological polar surface area (TPSA) is 60.9 Å². The fourth-order valence-corrected chi connectivity index (χ4v) is 4.33. The molecule has 1 aliphatic rings. The van der Waals surface area contributed by atoms with Gasteiger partial charge in [-0.2, -0.15) is 0 Å². The molecule has 0 atom stereocenters. The van der Waals surface area contributed by atoms with Crippen LogP contribution in [-0.2, 0) is 13.1 Å². The number of amides is 1. The molecule has 0 N–H and O–H groups in total. The maximum Gasteiger partial charge on any atom is 0.254 e. The lowest BCUT2D eigenvalue weighted by molar-refractivity contribution is 0.0728. The van der Waals surface area contributed by atoms with Crippen LogP contribution < -0.4 is 14.2 Å². The number of nitrogens with zero attached hydrogens (tertiary/aromatic N) is 2. The van der Waals surface area contributed by atoms with Gasteiger partial charge in [0.25, 0.3) is 5.91 Å². The number of aryl methyl sites for hydroxylation is 1. The highest BCUT2D eigenvalue weighted by Gasteiger charge is 2.22. The van der Waals surface area contributed by atoms with Crippen LogP contribution in [0.1, 0.15) is 27.0 Å². The van der Waals surface area contributed by atoms with Crippen molar-refractivity contribution in [2.45, 2.75) is 20.0 Å². The fourth-order valence-electron chi connectivity index (χ4n) is 4.12. The Bertz CT molecular complexity index is 1390. The summed E-state index contributed by atoms with van der Waals surface area (Å²) in [6.45, 7) is 2.75. The van der Waals surface area contributed by atoms with Gasteiger partial charge in [-0.15, -0.1) is 0 Å². The molecule has 0 unspecified atom stereocenters. The molecule has 34 heavy (non-hydrogen) atoms. The second-order valence-corrected chi connectivity index (χ2v) is 8.48. The number of para-hydroxylation sites is 1. The van der Waals surface area contributed by atoms with E-state index in [1.54, 1.807) is 12.0 Å². The summed E-state index contributed by atoms with van der Waals surface area (Å²) in [6.07, 6.45) is 0. The molecule has 4 aromatic rings. The van der Waals surface area contributed by atoms with E-state index in [9.17, 15) is 4.79 Å². The Hall–Kier alpha value is -3.77. The van der Waals surface area contributed by atoms with Gasteiger partial charge >= 0.3 is 0 Å². The van der Waals surface area contributed by atoms with E-state index >= 15 is 0 Å². The zero-order valence-corrected chi connectivity index (χ0v) is 19.6. The summed E-state index contributed by atoms with van der Waals surface area (Å²) >= 11 is 6.60. The minimum Gasteiger partial charge on any atom is -0.496 e. The van der Waals surface area contributed by atoms with Gasteiger partial charge < -0.3 is 19.1 Å². The number of pyridine rings is 1. The van der Waals surface area contributed by atoms with Gasteiger partial charge in [0.05, 0.1) is 12.6 Å². The third-order valence-corrected chi connectivity index (χ3v) is 6.24. The molecule has 0 bridgehead atoms. The van der Waals surface area contributed by atoms with E-state index in [4.69, 9.17) is 25.8 Å². The maximum atomic E-state index is 13.7. The third-order valence-electron chi connectivity index (χ3n) is 5.91. The summed E-state index contributed by atoms with van der Waals surface area (Å²) in [7, 11) is 1.63. The van der Waals surface area contributed by atoms with E-state index in [1.165, 1.54) is 0 Å². The van der Waals surface area contributed by atoms with Crippen molar-refractivity contribution in [3.63, 3.8) is 0 Å². The van der Waals surface area contributed by atoms with Crippen LogP contribution in [0, 0.1) is 6.92 Å². The van der Waals surface area contributed by atoms with Gasteiger partial charge in [0.15, 0.2) is 11.5 Å². The smallest absolute Gasteiger partial charge is 0.254 e. The van der Waals surface area contributed by atoms with Crippen molar-refractivity contribution in [1.82, 2.24) is 9.88 Å². The van der Waals surface area contributed by atoms with Crippen LogP contribution in [-0.4, -0.2) is 29.7 Å². The second kappa shape index (κ2) is 9.23. The molecule has 0 radical (unpaired) electrons. The fraction of sp³-hybridized carbons (Fsp3) is 0.185. The van der Waals surface area contributed by atoms with Gasteiger partial charge in [-0.25, -0.2) is 4.98 Å². The van der Waals surface area contributed by atoms with E-state index in [0.29, 0.717) is 34.3 Å². The Balaban J connectivity index is 1.54. The van der Waals surface area contributed by atoms with Crippen molar-refractivity contribution in [3.8, 4) is 17.2 Å². The van der Waals surface area contributed by atoms with Gasteiger partial charge in [-0.1, -0.05) is 48.0 Å². The van der Waals surface area contributed by atoms with Gasteiger partial charge in [0.2, 0.25) is 6.79 Å². The molecule has 0 saturated heterocycles. The maximum absolute atomic E-state index is 13.7. The Morgan fingerprint density at radius 2 is 1.71 bits per heavy atom. The number of rotatable bonds is 6. The van der Waals surface area contributed by atoms with Crippen LogP contribution in [0.15, 0.2) is 66.7 Å². The normalized spacial score (nSPS) is 12.1. The number of ether oxygens (including phenoxy) is 3. The molecular formula is C27H23ClN2O4. The first-order valence-electron chi connectivity index (χ1n) is 10.9. The molecule has 0 aliphatic carbocycles. The van der Waals surface area contributed by atoms with Gasteiger partial charge in [0, 0.05) is 41.2 Å². The summed E-state index contributed by atoms with van der Waals surface area (Å²) in [5.41, 5.74) is 3.91. The Labute approximate surface area is 202 Å². The highest BCUT2D eigenvalue weighted by atomic mass is 35.5. The minimum absolute atomic E-state index is 0.0918. The number of fused-ring (bicyclic) bond motifs is 2. The minimum atomic E-state index is -0.0918. The summed E-state index contributed by atoms with van der Waals surface area (Å²) in [5, 5.41) is 1.21. The average Bonchev–Trinajstić information content (AvgIpc) is 3.30. The molecule has 5 rings (SSSR count).